The van der Waals surface area contributed by atoms with Crippen LogP contribution in [-0.2, 0) is 4.79 Å². The molecule has 0 spiro atoms. The number of hydrogen-bond acceptors (Lipinski definition) is 4. The second-order valence-electron chi connectivity index (χ2n) is 1.94. The van der Waals surface area contributed by atoms with Crippen LogP contribution in [0.4, 0.5) is 5.69 Å². The number of aromatic nitrogens is 2. The van der Waals surface area contributed by atoms with Crippen molar-refractivity contribution in [3.05, 3.63) is 12.5 Å². The molecule has 0 aliphatic carbocycles. The second-order valence-corrected chi connectivity index (χ2v) is 1.94. The molecule has 0 saturated heterocycles. The van der Waals surface area contributed by atoms with E-state index in [2.05, 4.69) is 15.3 Å². The van der Waals surface area contributed by atoms with Crippen molar-refractivity contribution in [3.63, 3.8) is 0 Å². The molecule has 0 bridgehead atoms. The Labute approximate surface area is 63.1 Å². The molecule has 0 aromatic carbocycles. The summed E-state index contributed by atoms with van der Waals surface area (Å²) in [5, 5.41) is 11.4. The number of amides is 1. The van der Waals surface area contributed by atoms with E-state index in [1.165, 1.54) is 19.4 Å². The highest BCUT2D eigenvalue weighted by Gasteiger charge is 2.01. The highest BCUT2D eigenvalue weighted by molar-refractivity contribution is 5.89. The van der Waals surface area contributed by atoms with Crippen molar-refractivity contribution >= 4 is 11.6 Å². The molecule has 0 radical (unpaired) electrons. The lowest BCUT2D eigenvalue weighted by Gasteiger charge is -2.00. The van der Waals surface area contributed by atoms with E-state index in [1.807, 2.05) is 0 Å². The average Bonchev–Trinajstić information content (AvgIpc) is 1.93. The normalized spacial score (nSPS) is 9.18. The quantitative estimate of drug-likeness (QED) is 0.601. The van der Waals surface area contributed by atoms with Crippen LogP contribution in [-0.4, -0.2) is 21.0 Å². The molecule has 1 heterocycles. The van der Waals surface area contributed by atoms with Gasteiger partial charge in [-0.2, -0.15) is 0 Å². The second kappa shape index (κ2) is 2.96. The van der Waals surface area contributed by atoms with Gasteiger partial charge in [0.15, 0.2) is 0 Å². The summed E-state index contributed by atoms with van der Waals surface area (Å²) in [6, 6.07) is 0. The zero-order valence-electron chi connectivity index (χ0n) is 5.90. The Bertz CT molecular complexity index is 274. The van der Waals surface area contributed by atoms with Gasteiger partial charge < -0.3 is 10.4 Å². The molecule has 1 aromatic rings. The van der Waals surface area contributed by atoms with Crippen LogP contribution in [0.25, 0.3) is 0 Å². The van der Waals surface area contributed by atoms with E-state index in [9.17, 15) is 4.79 Å². The molecule has 2 N–H and O–H groups in total. The smallest absolute Gasteiger partial charge is 0.238 e. The summed E-state index contributed by atoms with van der Waals surface area (Å²) in [4.78, 5) is 17.6. The maximum Gasteiger partial charge on any atom is 0.238 e. The minimum Gasteiger partial charge on any atom is -0.492 e. The van der Waals surface area contributed by atoms with E-state index < -0.39 is 0 Å². The van der Waals surface area contributed by atoms with Crippen LogP contribution in [0.3, 0.4) is 0 Å². The molecule has 0 atom stereocenters. The Hall–Kier alpha value is -1.65. The first kappa shape index (κ1) is 7.46. The van der Waals surface area contributed by atoms with Crippen LogP contribution in [0.15, 0.2) is 12.5 Å². The standard InChI is InChI=1S/C6H7N3O2/c1-4(10)9-5-2-7-3-8-6(5)11/h2-3H,1H3,(H,9,10)(H,7,8,11). The van der Waals surface area contributed by atoms with Gasteiger partial charge in [-0.3, -0.25) is 4.79 Å². The van der Waals surface area contributed by atoms with Gasteiger partial charge in [-0.1, -0.05) is 0 Å². The molecule has 58 valence electrons. The molecule has 0 fully saturated rings. The van der Waals surface area contributed by atoms with Gasteiger partial charge in [0.05, 0.1) is 6.20 Å². The van der Waals surface area contributed by atoms with Crippen LogP contribution in [0.1, 0.15) is 6.92 Å². The lowest BCUT2D eigenvalue weighted by molar-refractivity contribution is -0.114. The number of rotatable bonds is 1. The molecule has 1 amide bonds. The third kappa shape index (κ3) is 1.89. The molecule has 1 aromatic heterocycles. The van der Waals surface area contributed by atoms with Gasteiger partial charge in [0.25, 0.3) is 0 Å². The van der Waals surface area contributed by atoms with Gasteiger partial charge in [0, 0.05) is 6.92 Å². The molecule has 0 aliphatic rings. The molecule has 0 unspecified atom stereocenters. The number of carbonyl (C=O) groups is 1. The van der Waals surface area contributed by atoms with E-state index in [4.69, 9.17) is 5.11 Å². The largest absolute Gasteiger partial charge is 0.492 e. The summed E-state index contributed by atoms with van der Waals surface area (Å²) >= 11 is 0. The SMILES string of the molecule is CC(=O)Nc1cncnc1O. The summed E-state index contributed by atoms with van der Waals surface area (Å²) < 4.78 is 0. The molecule has 1 rings (SSSR count). The van der Waals surface area contributed by atoms with E-state index in [0.717, 1.165) is 0 Å². The molecule has 5 nitrogen and oxygen atoms in total. The van der Waals surface area contributed by atoms with Crippen molar-refractivity contribution in [2.75, 3.05) is 5.32 Å². The zero-order chi connectivity index (χ0) is 8.27. The molecule has 11 heavy (non-hydrogen) atoms. The van der Waals surface area contributed by atoms with Gasteiger partial charge in [0.1, 0.15) is 12.0 Å². The first-order chi connectivity index (χ1) is 5.20. The van der Waals surface area contributed by atoms with E-state index in [1.54, 1.807) is 0 Å². The Morgan fingerprint density at radius 3 is 3.00 bits per heavy atom. The van der Waals surface area contributed by atoms with Crippen molar-refractivity contribution in [2.45, 2.75) is 6.92 Å². The van der Waals surface area contributed by atoms with Crippen LogP contribution < -0.4 is 5.32 Å². The summed E-state index contributed by atoms with van der Waals surface area (Å²) in [7, 11) is 0. The Kier molecular flexibility index (Phi) is 2.00. The maximum atomic E-state index is 10.5. The number of anilines is 1. The molecule has 5 heteroatoms. The topological polar surface area (TPSA) is 75.1 Å². The third-order valence-corrected chi connectivity index (χ3v) is 1.00. The van der Waals surface area contributed by atoms with Crippen molar-refractivity contribution in [2.24, 2.45) is 0 Å². The van der Waals surface area contributed by atoms with E-state index in [0.29, 0.717) is 0 Å². The summed E-state index contributed by atoms with van der Waals surface area (Å²) in [5.74, 6) is -0.495. The summed E-state index contributed by atoms with van der Waals surface area (Å²) in [6.45, 7) is 1.34. The number of carbonyl (C=O) groups excluding carboxylic acids is 1. The Morgan fingerprint density at radius 2 is 2.45 bits per heavy atom. The van der Waals surface area contributed by atoms with Gasteiger partial charge >= 0.3 is 0 Å². The summed E-state index contributed by atoms with van der Waals surface area (Å²) in [5.41, 5.74) is 0.222. The van der Waals surface area contributed by atoms with E-state index >= 15 is 0 Å². The van der Waals surface area contributed by atoms with Gasteiger partial charge in [-0.15, -0.1) is 0 Å². The third-order valence-electron chi connectivity index (χ3n) is 1.00. The van der Waals surface area contributed by atoms with Gasteiger partial charge in [0.2, 0.25) is 11.8 Å². The predicted octanol–water partition coefficient (Wildman–Crippen LogP) is 0.141. The highest BCUT2D eigenvalue weighted by atomic mass is 16.3. The monoisotopic (exact) mass is 153 g/mol. The number of nitrogens with zero attached hydrogens (tertiary/aromatic N) is 2. The van der Waals surface area contributed by atoms with Crippen LogP contribution in [0.2, 0.25) is 0 Å². The molecule has 0 saturated carbocycles. The van der Waals surface area contributed by atoms with Gasteiger partial charge in [-0.05, 0) is 0 Å². The van der Waals surface area contributed by atoms with Crippen LogP contribution in [0.5, 0.6) is 5.88 Å². The Balaban J connectivity index is 2.86. The molecular weight excluding hydrogens is 146 g/mol. The number of nitrogens with one attached hydrogen (secondary N) is 1. The zero-order valence-corrected chi connectivity index (χ0v) is 5.90. The average molecular weight is 153 g/mol. The maximum absolute atomic E-state index is 10.5. The first-order valence-corrected chi connectivity index (χ1v) is 2.96. The minimum absolute atomic E-state index is 0.222. The Morgan fingerprint density at radius 1 is 1.73 bits per heavy atom. The first-order valence-electron chi connectivity index (χ1n) is 2.96. The van der Waals surface area contributed by atoms with Crippen molar-refractivity contribution in [3.8, 4) is 5.88 Å². The minimum atomic E-state index is -0.268. The summed E-state index contributed by atoms with van der Waals surface area (Å²) in [6.07, 6.45) is 2.52. The van der Waals surface area contributed by atoms with Crippen LogP contribution in [0, 0.1) is 0 Å². The van der Waals surface area contributed by atoms with E-state index in [-0.39, 0.29) is 17.5 Å². The predicted molar refractivity (Wildman–Crippen MR) is 38.0 cm³/mol. The number of hydrogen-bond donors (Lipinski definition) is 2. The van der Waals surface area contributed by atoms with Gasteiger partial charge in [-0.25, -0.2) is 9.97 Å². The fourth-order valence-electron chi connectivity index (χ4n) is 0.601. The number of aromatic hydroxyl groups is 1. The van der Waals surface area contributed by atoms with Crippen molar-refractivity contribution < 1.29 is 9.90 Å². The highest BCUT2D eigenvalue weighted by Crippen LogP contribution is 2.15. The fourth-order valence-corrected chi connectivity index (χ4v) is 0.601. The van der Waals surface area contributed by atoms with Crippen molar-refractivity contribution in [1.82, 2.24) is 9.97 Å². The molecular formula is C6H7N3O2. The lowest BCUT2D eigenvalue weighted by Crippen LogP contribution is -2.06. The molecule has 0 aliphatic heterocycles. The fraction of sp³-hybridized carbons (Fsp3) is 0.167. The van der Waals surface area contributed by atoms with Crippen molar-refractivity contribution in [1.29, 1.82) is 0 Å². The van der Waals surface area contributed by atoms with Crippen LogP contribution >= 0.6 is 0 Å². The lowest BCUT2D eigenvalue weighted by atomic mass is 10.5.